The van der Waals surface area contributed by atoms with Gasteiger partial charge in [-0.3, -0.25) is 0 Å². The third-order valence-corrected chi connectivity index (χ3v) is 3.70. The summed E-state index contributed by atoms with van der Waals surface area (Å²) in [6.45, 7) is 7.63. The number of sulfone groups is 1. The van der Waals surface area contributed by atoms with Crippen LogP contribution in [0, 0.1) is 0 Å². The summed E-state index contributed by atoms with van der Waals surface area (Å²) >= 11 is 0. The molecule has 20 heavy (non-hydrogen) atoms. The molecule has 0 fully saturated rings. The van der Waals surface area contributed by atoms with E-state index in [1.54, 1.807) is 0 Å². The molecule has 0 spiro atoms. The van der Waals surface area contributed by atoms with E-state index in [-0.39, 0.29) is 11.3 Å². The third-order valence-electron chi connectivity index (χ3n) is 2.67. The lowest BCUT2D eigenvalue weighted by molar-refractivity contribution is 0.317. The van der Waals surface area contributed by atoms with Gasteiger partial charge in [0.05, 0.1) is 12.4 Å². The van der Waals surface area contributed by atoms with Crippen LogP contribution in [0.15, 0.2) is 24.3 Å². The molecular weight excluding hydrogens is 274 g/mol. The Morgan fingerprint density at radius 3 is 2.25 bits per heavy atom. The minimum absolute atomic E-state index is 0.0980. The van der Waals surface area contributed by atoms with Crippen LogP contribution in [-0.4, -0.2) is 32.6 Å². The molecule has 0 atom stereocenters. The van der Waals surface area contributed by atoms with E-state index >= 15 is 0 Å². The lowest BCUT2D eigenvalue weighted by Crippen LogP contribution is -2.35. The fourth-order valence-electron chi connectivity index (χ4n) is 1.58. The van der Waals surface area contributed by atoms with Crippen molar-refractivity contribution < 1.29 is 13.2 Å². The number of nitrogens with one attached hydrogen (secondary N) is 1. The zero-order valence-corrected chi connectivity index (χ0v) is 13.6. The number of ether oxygens (including phenoxy) is 1. The van der Waals surface area contributed by atoms with Crippen molar-refractivity contribution in [2.75, 3.05) is 18.6 Å². The van der Waals surface area contributed by atoms with Crippen LogP contribution in [0.1, 0.15) is 32.8 Å². The van der Waals surface area contributed by atoms with Crippen molar-refractivity contribution in [2.45, 2.75) is 39.3 Å². The molecule has 1 N–H and O–H groups in total. The van der Waals surface area contributed by atoms with Crippen LogP contribution in [-0.2, 0) is 16.4 Å². The maximum Gasteiger partial charge on any atom is 0.147 e. The second kappa shape index (κ2) is 7.09. The highest BCUT2D eigenvalue weighted by atomic mass is 32.2. The van der Waals surface area contributed by atoms with Gasteiger partial charge >= 0.3 is 0 Å². The Morgan fingerprint density at radius 1 is 1.15 bits per heavy atom. The Balaban J connectivity index is 2.35. The molecule has 1 aromatic rings. The van der Waals surface area contributed by atoms with E-state index in [4.69, 9.17) is 4.74 Å². The zero-order valence-electron chi connectivity index (χ0n) is 12.8. The molecule has 114 valence electrons. The van der Waals surface area contributed by atoms with E-state index in [0.717, 1.165) is 12.3 Å². The van der Waals surface area contributed by atoms with Crippen molar-refractivity contribution >= 4 is 9.84 Å². The Labute approximate surface area is 122 Å². The van der Waals surface area contributed by atoms with Crippen LogP contribution in [0.5, 0.6) is 5.75 Å². The smallest absolute Gasteiger partial charge is 0.147 e. The molecule has 0 aliphatic heterocycles. The zero-order chi connectivity index (χ0) is 15.2. The summed E-state index contributed by atoms with van der Waals surface area (Å²) in [7, 11) is -2.89. The van der Waals surface area contributed by atoms with Crippen molar-refractivity contribution in [1.82, 2.24) is 5.32 Å². The minimum Gasteiger partial charge on any atom is -0.494 e. The van der Waals surface area contributed by atoms with Gasteiger partial charge in [0, 0.05) is 18.3 Å². The Hall–Kier alpha value is -1.07. The predicted octanol–water partition coefficient (Wildman–Crippen LogP) is 2.39. The monoisotopic (exact) mass is 299 g/mol. The molecule has 1 aromatic carbocycles. The molecule has 1 rings (SSSR count). The second-order valence-electron chi connectivity index (χ2n) is 6.08. The van der Waals surface area contributed by atoms with E-state index in [0.29, 0.717) is 13.0 Å². The van der Waals surface area contributed by atoms with Gasteiger partial charge in [0.1, 0.15) is 15.6 Å². The Morgan fingerprint density at radius 2 is 1.75 bits per heavy atom. The van der Waals surface area contributed by atoms with Crippen molar-refractivity contribution in [2.24, 2.45) is 0 Å². The molecule has 4 nitrogen and oxygen atoms in total. The average Bonchev–Trinajstić information content (AvgIpc) is 2.31. The van der Waals surface area contributed by atoms with E-state index < -0.39 is 9.84 Å². The van der Waals surface area contributed by atoms with Gasteiger partial charge in [-0.2, -0.15) is 0 Å². The van der Waals surface area contributed by atoms with Crippen LogP contribution >= 0.6 is 0 Å². The molecule has 0 unspecified atom stereocenters. The maximum atomic E-state index is 11.0. The minimum atomic E-state index is -2.89. The molecule has 0 amide bonds. The molecule has 0 aliphatic rings. The highest BCUT2D eigenvalue weighted by Gasteiger charge is 2.08. The lowest BCUT2D eigenvalue weighted by Gasteiger charge is -2.20. The SMILES string of the molecule is CC(C)(C)NCc1ccc(OCCCS(C)(=O)=O)cc1. The van der Waals surface area contributed by atoms with Gasteiger partial charge in [-0.15, -0.1) is 0 Å². The van der Waals surface area contributed by atoms with Crippen LogP contribution in [0.3, 0.4) is 0 Å². The van der Waals surface area contributed by atoms with Crippen molar-refractivity contribution in [1.29, 1.82) is 0 Å². The first kappa shape index (κ1) is 17.0. The first-order chi connectivity index (χ1) is 9.16. The van der Waals surface area contributed by atoms with Crippen LogP contribution in [0.2, 0.25) is 0 Å². The number of hydrogen-bond acceptors (Lipinski definition) is 4. The molecule has 0 heterocycles. The molecule has 0 radical (unpaired) electrons. The molecule has 0 saturated heterocycles. The standard InChI is InChI=1S/C15H25NO3S/c1-15(2,3)16-12-13-6-8-14(9-7-13)19-10-5-11-20(4,17)18/h6-9,16H,5,10-12H2,1-4H3. The molecule has 0 saturated carbocycles. The molecule has 0 bridgehead atoms. The number of rotatable bonds is 7. The predicted molar refractivity (Wildman–Crippen MR) is 82.9 cm³/mol. The van der Waals surface area contributed by atoms with Gasteiger partial charge in [-0.05, 0) is 44.9 Å². The van der Waals surface area contributed by atoms with Crippen LogP contribution in [0.4, 0.5) is 0 Å². The van der Waals surface area contributed by atoms with Gasteiger partial charge in [0.2, 0.25) is 0 Å². The van der Waals surface area contributed by atoms with E-state index in [1.807, 2.05) is 24.3 Å². The fraction of sp³-hybridized carbons (Fsp3) is 0.600. The summed E-state index contributed by atoms with van der Waals surface area (Å²) in [5, 5.41) is 3.42. The quantitative estimate of drug-likeness (QED) is 0.786. The number of hydrogen-bond donors (Lipinski definition) is 1. The third kappa shape index (κ3) is 8.17. The summed E-state index contributed by atoms with van der Waals surface area (Å²) in [5.74, 6) is 0.943. The average molecular weight is 299 g/mol. The van der Waals surface area contributed by atoms with Gasteiger partial charge in [0.15, 0.2) is 0 Å². The Bertz CT molecular complexity index is 501. The Kier molecular flexibility index (Phi) is 6.02. The van der Waals surface area contributed by atoms with Crippen molar-refractivity contribution in [3.05, 3.63) is 29.8 Å². The van der Waals surface area contributed by atoms with E-state index in [2.05, 4.69) is 26.1 Å². The summed E-state index contributed by atoms with van der Waals surface area (Å²) in [6.07, 6.45) is 1.76. The maximum absolute atomic E-state index is 11.0. The highest BCUT2D eigenvalue weighted by Crippen LogP contribution is 2.13. The van der Waals surface area contributed by atoms with E-state index in [1.165, 1.54) is 11.8 Å². The summed E-state index contributed by atoms with van der Waals surface area (Å²) in [6, 6.07) is 7.87. The molecular formula is C15H25NO3S. The normalized spacial score (nSPS) is 12.4. The molecule has 5 heteroatoms. The first-order valence-corrected chi connectivity index (χ1v) is 8.86. The molecule has 0 aromatic heterocycles. The lowest BCUT2D eigenvalue weighted by atomic mass is 10.1. The topological polar surface area (TPSA) is 55.4 Å². The van der Waals surface area contributed by atoms with E-state index in [9.17, 15) is 8.42 Å². The van der Waals surface area contributed by atoms with Gasteiger partial charge < -0.3 is 10.1 Å². The summed E-state index contributed by atoms with van der Waals surface area (Å²) in [4.78, 5) is 0. The van der Waals surface area contributed by atoms with Gasteiger partial charge in [-0.1, -0.05) is 12.1 Å². The second-order valence-corrected chi connectivity index (χ2v) is 8.34. The van der Waals surface area contributed by atoms with Gasteiger partial charge in [-0.25, -0.2) is 8.42 Å². The van der Waals surface area contributed by atoms with Gasteiger partial charge in [0.25, 0.3) is 0 Å². The fourth-order valence-corrected chi connectivity index (χ4v) is 2.22. The summed E-state index contributed by atoms with van der Waals surface area (Å²) < 4.78 is 27.5. The van der Waals surface area contributed by atoms with Crippen LogP contribution in [0.25, 0.3) is 0 Å². The number of benzene rings is 1. The van der Waals surface area contributed by atoms with Crippen molar-refractivity contribution in [3.8, 4) is 5.75 Å². The van der Waals surface area contributed by atoms with Crippen LogP contribution < -0.4 is 10.1 Å². The summed E-state index contributed by atoms with van der Waals surface area (Å²) in [5.41, 5.74) is 1.30. The molecule has 0 aliphatic carbocycles. The van der Waals surface area contributed by atoms with Crippen molar-refractivity contribution in [3.63, 3.8) is 0 Å². The first-order valence-electron chi connectivity index (χ1n) is 6.80. The largest absolute Gasteiger partial charge is 0.494 e. The highest BCUT2D eigenvalue weighted by molar-refractivity contribution is 7.90.